The molecule has 196 valence electrons. The molecule has 7 heteroatoms. The van der Waals surface area contributed by atoms with Crippen LogP contribution < -0.4 is 4.90 Å². The van der Waals surface area contributed by atoms with E-state index in [-0.39, 0.29) is 0 Å². The fourth-order valence-electron chi connectivity index (χ4n) is 4.78. The summed E-state index contributed by atoms with van der Waals surface area (Å²) in [6, 6.07) is 14.8. The SMILES string of the molecule is CCCCC(C)c1cccc(C=NC/C=C/c2cc(N3CCOCC3)c3nc(-c4ccncc4)cn3n2)c1. The largest absolute Gasteiger partial charge is 0.378 e. The molecule has 0 spiro atoms. The zero-order valence-corrected chi connectivity index (χ0v) is 22.3. The van der Waals surface area contributed by atoms with Crippen LogP contribution in [-0.4, -0.2) is 58.6 Å². The first kappa shape index (κ1) is 25.8. The minimum Gasteiger partial charge on any atom is -0.378 e. The number of imidazole rings is 1. The maximum atomic E-state index is 5.58. The zero-order valence-electron chi connectivity index (χ0n) is 22.3. The Kier molecular flexibility index (Phi) is 8.56. The summed E-state index contributed by atoms with van der Waals surface area (Å²) in [5.41, 5.74) is 7.23. The monoisotopic (exact) mass is 508 g/mol. The van der Waals surface area contributed by atoms with Gasteiger partial charge < -0.3 is 9.64 Å². The number of fused-ring (bicyclic) bond motifs is 1. The van der Waals surface area contributed by atoms with E-state index in [1.807, 2.05) is 35.1 Å². The lowest BCUT2D eigenvalue weighted by atomic mass is 9.94. The molecule has 1 unspecified atom stereocenters. The van der Waals surface area contributed by atoms with Crippen LogP contribution in [0.2, 0.25) is 0 Å². The van der Waals surface area contributed by atoms with Crippen molar-refractivity contribution in [1.29, 1.82) is 0 Å². The molecule has 1 fully saturated rings. The van der Waals surface area contributed by atoms with Crippen molar-refractivity contribution in [3.05, 3.63) is 84.0 Å². The molecule has 4 heterocycles. The fourth-order valence-corrected chi connectivity index (χ4v) is 4.78. The van der Waals surface area contributed by atoms with Gasteiger partial charge in [0.1, 0.15) is 0 Å². The van der Waals surface area contributed by atoms with Crippen molar-refractivity contribution in [2.24, 2.45) is 4.99 Å². The van der Waals surface area contributed by atoms with Gasteiger partial charge in [-0.2, -0.15) is 5.10 Å². The highest BCUT2D eigenvalue weighted by molar-refractivity contribution is 5.80. The third-order valence-corrected chi connectivity index (χ3v) is 6.96. The molecular formula is C31H36N6O. The second kappa shape index (κ2) is 12.6. The molecule has 7 nitrogen and oxygen atoms in total. The molecule has 1 atom stereocenters. The maximum Gasteiger partial charge on any atom is 0.177 e. The predicted molar refractivity (Wildman–Crippen MR) is 155 cm³/mol. The van der Waals surface area contributed by atoms with Crippen molar-refractivity contribution in [2.75, 3.05) is 37.7 Å². The smallest absolute Gasteiger partial charge is 0.177 e. The normalized spacial score (nSPS) is 15.2. The molecule has 0 saturated carbocycles. The molecule has 0 aliphatic carbocycles. The van der Waals surface area contributed by atoms with E-state index in [1.54, 1.807) is 12.4 Å². The van der Waals surface area contributed by atoms with E-state index in [1.165, 1.54) is 24.8 Å². The van der Waals surface area contributed by atoms with Gasteiger partial charge >= 0.3 is 0 Å². The first-order chi connectivity index (χ1) is 18.7. The average Bonchev–Trinajstić information content (AvgIpc) is 3.41. The number of benzene rings is 1. The van der Waals surface area contributed by atoms with Crippen LogP contribution in [0.3, 0.4) is 0 Å². The van der Waals surface area contributed by atoms with Crippen LogP contribution in [0.4, 0.5) is 5.69 Å². The van der Waals surface area contributed by atoms with Crippen LogP contribution in [0.1, 0.15) is 55.8 Å². The molecule has 1 saturated heterocycles. The number of aliphatic imine (C=N–C) groups is 1. The Morgan fingerprint density at radius 2 is 1.95 bits per heavy atom. The van der Waals surface area contributed by atoms with Gasteiger partial charge in [0.25, 0.3) is 0 Å². The van der Waals surface area contributed by atoms with Gasteiger partial charge in [0.05, 0.1) is 43.0 Å². The number of hydrogen-bond donors (Lipinski definition) is 0. The first-order valence-corrected chi connectivity index (χ1v) is 13.6. The third kappa shape index (κ3) is 6.34. The number of ether oxygens (including phenoxy) is 1. The molecule has 3 aromatic heterocycles. The summed E-state index contributed by atoms with van der Waals surface area (Å²) in [6.07, 6.45) is 15.3. The number of nitrogens with zero attached hydrogens (tertiary/aromatic N) is 6. The van der Waals surface area contributed by atoms with Gasteiger partial charge in [-0.1, -0.05) is 51.0 Å². The van der Waals surface area contributed by atoms with Crippen molar-refractivity contribution in [2.45, 2.75) is 39.0 Å². The van der Waals surface area contributed by atoms with Gasteiger partial charge in [0.15, 0.2) is 5.65 Å². The zero-order chi connectivity index (χ0) is 26.2. The van der Waals surface area contributed by atoms with Crippen molar-refractivity contribution in [1.82, 2.24) is 19.6 Å². The number of anilines is 1. The maximum absolute atomic E-state index is 5.58. The second-order valence-corrected chi connectivity index (χ2v) is 9.79. The lowest BCUT2D eigenvalue weighted by Crippen LogP contribution is -2.36. The second-order valence-electron chi connectivity index (χ2n) is 9.79. The van der Waals surface area contributed by atoms with E-state index in [4.69, 9.17) is 14.8 Å². The molecule has 1 aromatic carbocycles. The number of pyridine rings is 1. The van der Waals surface area contributed by atoms with Gasteiger partial charge in [0, 0.05) is 37.3 Å². The summed E-state index contributed by atoms with van der Waals surface area (Å²) in [5.74, 6) is 0.576. The van der Waals surface area contributed by atoms with Crippen molar-refractivity contribution in [3.8, 4) is 11.3 Å². The van der Waals surface area contributed by atoms with Gasteiger partial charge in [-0.25, -0.2) is 9.50 Å². The van der Waals surface area contributed by atoms with Gasteiger partial charge in [0.2, 0.25) is 0 Å². The fraction of sp³-hybridized carbons (Fsp3) is 0.355. The number of hydrogen-bond acceptors (Lipinski definition) is 6. The van der Waals surface area contributed by atoms with Gasteiger partial charge in [-0.3, -0.25) is 9.98 Å². The van der Waals surface area contributed by atoms with Crippen molar-refractivity contribution >= 4 is 23.6 Å². The third-order valence-electron chi connectivity index (χ3n) is 6.96. The Hall–Kier alpha value is -3.84. The van der Waals surface area contributed by atoms with Crippen LogP contribution in [0.25, 0.3) is 23.0 Å². The Morgan fingerprint density at radius 3 is 2.76 bits per heavy atom. The highest BCUT2D eigenvalue weighted by atomic mass is 16.5. The molecule has 0 N–H and O–H groups in total. The summed E-state index contributed by atoms with van der Waals surface area (Å²) >= 11 is 0. The van der Waals surface area contributed by atoms with Crippen LogP contribution in [-0.2, 0) is 4.74 Å². The minimum absolute atomic E-state index is 0.576. The topological polar surface area (TPSA) is 67.9 Å². The lowest BCUT2D eigenvalue weighted by Gasteiger charge is -2.29. The molecule has 1 aliphatic rings. The van der Waals surface area contributed by atoms with E-state index < -0.39 is 0 Å². The molecule has 4 aromatic rings. The highest BCUT2D eigenvalue weighted by Crippen LogP contribution is 2.27. The van der Waals surface area contributed by atoms with E-state index in [9.17, 15) is 0 Å². The van der Waals surface area contributed by atoms with Gasteiger partial charge in [-0.15, -0.1) is 0 Å². The van der Waals surface area contributed by atoms with E-state index in [0.29, 0.717) is 25.7 Å². The highest BCUT2D eigenvalue weighted by Gasteiger charge is 2.18. The van der Waals surface area contributed by atoms with Crippen molar-refractivity contribution < 1.29 is 4.74 Å². The van der Waals surface area contributed by atoms with E-state index >= 15 is 0 Å². The molecule has 0 bridgehead atoms. The standard InChI is InChI=1S/C31H36N6O/c1-3-4-7-24(2)27-9-5-8-25(20-27)22-33-13-6-10-28-21-30(36-16-18-38-19-17-36)31-34-29(23-37(31)35-28)26-11-14-32-15-12-26/h5-6,8-12,14-15,20-24H,3-4,7,13,16-19H2,1-2H3/b10-6+,33-22?. The number of unbranched alkanes of at least 4 members (excludes halogenated alkanes) is 1. The van der Waals surface area contributed by atoms with Crippen molar-refractivity contribution in [3.63, 3.8) is 0 Å². The summed E-state index contributed by atoms with van der Waals surface area (Å²) in [6.45, 7) is 8.24. The predicted octanol–water partition coefficient (Wildman–Crippen LogP) is 6.05. The summed E-state index contributed by atoms with van der Waals surface area (Å²) in [7, 11) is 0. The number of morpholine rings is 1. The molecule has 5 rings (SSSR count). The number of aromatic nitrogens is 4. The average molecular weight is 509 g/mol. The van der Waals surface area contributed by atoms with Crippen LogP contribution >= 0.6 is 0 Å². The van der Waals surface area contributed by atoms with Gasteiger partial charge in [-0.05, 0) is 53.8 Å². The van der Waals surface area contributed by atoms with Crippen LogP contribution in [0.5, 0.6) is 0 Å². The molecule has 0 amide bonds. The Bertz CT molecular complexity index is 1390. The number of rotatable bonds is 10. The van der Waals surface area contributed by atoms with E-state index in [0.717, 1.165) is 46.9 Å². The van der Waals surface area contributed by atoms with Crippen LogP contribution in [0.15, 0.2) is 72.1 Å². The molecule has 1 aliphatic heterocycles. The Morgan fingerprint density at radius 1 is 1.11 bits per heavy atom. The first-order valence-electron chi connectivity index (χ1n) is 13.6. The Balaban J connectivity index is 1.33. The molecule has 38 heavy (non-hydrogen) atoms. The quantitative estimate of drug-likeness (QED) is 0.244. The lowest BCUT2D eigenvalue weighted by molar-refractivity contribution is 0.123. The summed E-state index contributed by atoms with van der Waals surface area (Å²) < 4.78 is 7.47. The van der Waals surface area contributed by atoms with E-state index in [2.05, 4.69) is 65.1 Å². The summed E-state index contributed by atoms with van der Waals surface area (Å²) in [5, 5.41) is 4.83. The molecule has 0 radical (unpaired) electrons. The minimum atomic E-state index is 0.576. The summed E-state index contributed by atoms with van der Waals surface area (Å²) in [4.78, 5) is 16.0. The Labute approximate surface area is 224 Å². The van der Waals surface area contributed by atoms with Crippen LogP contribution in [0, 0.1) is 0 Å². The molecular weight excluding hydrogens is 472 g/mol.